The van der Waals surface area contributed by atoms with E-state index in [1.165, 1.54) is 110 Å². The molecule has 0 unspecified atom stereocenters. The second-order valence-electron chi connectivity index (χ2n) is 10.6. The Kier molecular flexibility index (Phi) is 23.6. The van der Waals surface area contributed by atoms with Crippen LogP contribution in [0.2, 0.25) is 26.6 Å². The molecule has 0 bridgehead atoms. The van der Waals surface area contributed by atoms with Crippen LogP contribution in [0.3, 0.4) is 0 Å². The monoisotopic (exact) mass is 672 g/mol. The van der Waals surface area contributed by atoms with Crippen LogP contribution in [0, 0.1) is 19.7 Å². The van der Waals surface area contributed by atoms with Crippen LogP contribution >= 0.6 is 0 Å². The van der Waals surface area contributed by atoms with Crippen molar-refractivity contribution in [2.24, 2.45) is 0 Å². The second-order valence-corrected chi connectivity index (χ2v) is 35.2. The number of hydrogen-bond donors (Lipinski definition) is 0. The summed E-state index contributed by atoms with van der Waals surface area (Å²) in [6.45, 7) is 14.1. The molecule has 0 aromatic heterocycles. The summed E-state index contributed by atoms with van der Waals surface area (Å²) in [6, 6.07) is 0. The molecule has 33 heavy (non-hydrogen) atoms. The molecule has 0 atom stereocenters. The molecule has 0 rings (SSSR count). The number of hydrogen-bond acceptors (Lipinski definition) is 0. The van der Waals surface area contributed by atoms with Crippen molar-refractivity contribution in [2.45, 2.75) is 164 Å². The van der Waals surface area contributed by atoms with E-state index >= 15 is 0 Å². The van der Waals surface area contributed by atoms with Crippen molar-refractivity contribution >= 4 is 36.8 Å². The average molecular weight is 670 g/mol. The predicted molar refractivity (Wildman–Crippen MR) is 159 cm³/mol. The van der Waals surface area contributed by atoms with E-state index in [2.05, 4.69) is 61.3 Å². The Morgan fingerprint density at radius 1 is 0.364 bits per heavy atom. The summed E-state index contributed by atoms with van der Waals surface area (Å²) in [5, 5.41) is 0. The summed E-state index contributed by atoms with van der Waals surface area (Å²) in [7, 11) is 0. The van der Waals surface area contributed by atoms with Crippen LogP contribution in [0.1, 0.15) is 138 Å². The van der Waals surface area contributed by atoms with Crippen molar-refractivity contribution in [3.63, 3.8) is 0 Å². The van der Waals surface area contributed by atoms with Crippen molar-refractivity contribution in [3.05, 3.63) is 0 Å². The van der Waals surface area contributed by atoms with Crippen LogP contribution in [-0.2, 0) is 0 Å². The molecule has 0 aromatic rings. The third kappa shape index (κ3) is 16.9. The molecule has 0 N–H and O–H groups in total. The first-order valence-electron chi connectivity index (χ1n) is 15.1. The van der Waals surface area contributed by atoms with Gasteiger partial charge in [-0.1, -0.05) is 0 Å². The summed E-state index contributed by atoms with van der Waals surface area (Å²) in [5.41, 5.74) is 0. The standard InChI is InChI=1S/C7H6.6C4H9.2Sn/c1-3-5-7-6-4-2;6*1-3-4-2;;/h5-7H2;6*1,3-4H2,2H3;;. The molecule has 0 aliphatic rings. The SMILES string of the molecule is CCC[CH2][Sn]([C]#CCCCC#[C][Sn]([CH2]CCC)([CH2]CCC)[CH2]CCC)([CH2]CCC)[CH2]CCC. The average Bonchev–Trinajstić information content (AvgIpc) is 2.84. The van der Waals surface area contributed by atoms with Gasteiger partial charge < -0.3 is 0 Å². The Labute approximate surface area is 219 Å². The molecule has 0 aliphatic carbocycles. The van der Waals surface area contributed by atoms with Crippen LogP contribution in [-0.4, -0.2) is 36.8 Å². The Hall–Kier alpha value is 0.717. The first-order chi connectivity index (χ1) is 16.1. The normalized spacial score (nSPS) is 11.6. The summed E-state index contributed by atoms with van der Waals surface area (Å²) in [5.74, 6) is 7.49. The molecule has 0 fully saturated rings. The molecule has 2 heteroatoms. The molecule has 0 aromatic carbocycles. The van der Waals surface area contributed by atoms with Crippen LogP contribution in [0.5, 0.6) is 0 Å². The Balaban J connectivity index is 5.10. The topological polar surface area (TPSA) is 0 Å². The number of unbranched alkanes of at least 4 members (excludes halogenated alkanes) is 8. The van der Waals surface area contributed by atoms with Crippen LogP contribution in [0.15, 0.2) is 0 Å². The first-order valence-corrected chi connectivity index (χ1v) is 30.0. The van der Waals surface area contributed by atoms with Gasteiger partial charge in [-0.15, -0.1) is 0 Å². The van der Waals surface area contributed by atoms with Gasteiger partial charge in [0.05, 0.1) is 0 Å². The van der Waals surface area contributed by atoms with Gasteiger partial charge in [0.1, 0.15) is 0 Å². The summed E-state index contributed by atoms with van der Waals surface area (Å²) in [6.07, 6.45) is 20.0. The Morgan fingerprint density at radius 2 is 0.606 bits per heavy atom. The maximum atomic E-state index is 4.05. The van der Waals surface area contributed by atoms with E-state index in [-0.39, 0.29) is 0 Å². The predicted octanol–water partition coefficient (Wildman–Crippen LogP) is 10.9. The van der Waals surface area contributed by atoms with E-state index in [0.29, 0.717) is 0 Å². The summed E-state index contributed by atoms with van der Waals surface area (Å²) < 4.78 is 17.2. The summed E-state index contributed by atoms with van der Waals surface area (Å²) in [4.78, 5) is 0. The number of rotatable bonds is 20. The van der Waals surface area contributed by atoms with E-state index in [1.54, 1.807) is 0 Å². The fourth-order valence-electron chi connectivity index (χ4n) is 4.98. The molecule has 0 amide bonds. The zero-order valence-electron chi connectivity index (χ0n) is 23.8. The van der Waals surface area contributed by atoms with Crippen LogP contribution in [0.4, 0.5) is 0 Å². The van der Waals surface area contributed by atoms with E-state index in [0.717, 1.165) is 12.8 Å². The fourth-order valence-corrected chi connectivity index (χ4v) is 31.9. The molecular formula is C31H60Sn2. The van der Waals surface area contributed by atoms with Crippen molar-refractivity contribution in [2.75, 3.05) is 0 Å². The zero-order valence-corrected chi connectivity index (χ0v) is 29.6. The van der Waals surface area contributed by atoms with Gasteiger partial charge in [-0.2, -0.15) is 0 Å². The molecule has 0 aliphatic heterocycles. The zero-order chi connectivity index (χ0) is 24.7. The van der Waals surface area contributed by atoms with Gasteiger partial charge in [0.25, 0.3) is 0 Å². The van der Waals surface area contributed by atoms with E-state index < -0.39 is 36.8 Å². The minimum atomic E-state index is -2.25. The van der Waals surface area contributed by atoms with Crippen molar-refractivity contribution in [1.29, 1.82) is 0 Å². The molecule has 0 saturated carbocycles. The molecule has 0 saturated heterocycles. The van der Waals surface area contributed by atoms with Gasteiger partial charge >= 0.3 is 221 Å². The van der Waals surface area contributed by atoms with E-state index in [1.807, 2.05) is 0 Å². The summed E-state index contributed by atoms with van der Waals surface area (Å²) >= 11 is -4.50. The second kappa shape index (κ2) is 23.1. The minimum absolute atomic E-state index is 1.10. The molecule has 0 spiro atoms. The van der Waals surface area contributed by atoms with Gasteiger partial charge in [0, 0.05) is 0 Å². The van der Waals surface area contributed by atoms with Gasteiger partial charge in [0.2, 0.25) is 0 Å². The third-order valence-corrected chi connectivity index (χ3v) is 33.8. The quantitative estimate of drug-likeness (QED) is 0.0687. The molecule has 0 radical (unpaired) electrons. The third-order valence-electron chi connectivity index (χ3n) is 7.36. The van der Waals surface area contributed by atoms with E-state index in [4.69, 9.17) is 0 Å². The first kappa shape index (κ1) is 33.7. The molecule has 0 nitrogen and oxygen atoms in total. The van der Waals surface area contributed by atoms with Gasteiger partial charge in [-0.3, -0.25) is 0 Å². The van der Waals surface area contributed by atoms with Crippen LogP contribution in [0.25, 0.3) is 0 Å². The van der Waals surface area contributed by atoms with Crippen molar-refractivity contribution in [3.8, 4) is 19.7 Å². The van der Waals surface area contributed by atoms with Gasteiger partial charge in [0.15, 0.2) is 0 Å². The Bertz CT molecular complexity index is 463. The van der Waals surface area contributed by atoms with Crippen molar-refractivity contribution < 1.29 is 0 Å². The van der Waals surface area contributed by atoms with Crippen molar-refractivity contribution in [1.82, 2.24) is 0 Å². The van der Waals surface area contributed by atoms with E-state index in [9.17, 15) is 0 Å². The molecule has 192 valence electrons. The van der Waals surface area contributed by atoms with Crippen LogP contribution < -0.4 is 0 Å². The Morgan fingerprint density at radius 3 is 0.818 bits per heavy atom. The molecule has 0 heterocycles. The van der Waals surface area contributed by atoms with Gasteiger partial charge in [-0.25, -0.2) is 0 Å². The molecular weight excluding hydrogens is 610 g/mol. The maximum absolute atomic E-state index is 4.05. The fraction of sp³-hybridized carbons (Fsp3) is 0.871. The van der Waals surface area contributed by atoms with Gasteiger partial charge in [-0.05, 0) is 0 Å².